The third kappa shape index (κ3) is 7.73. The van der Waals surface area contributed by atoms with E-state index < -0.39 is 0 Å². The Morgan fingerprint density at radius 1 is 0.451 bits per heavy atom. The molecule has 1 aliphatic rings. The van der Waals surface area contributed by atoms with Gasteiger partial charge in [-0.25, -0.2) is 15.0 Å². The van der Waals surface area contributed by atoms with Gasteiger partial charge in [0.05, 0.1) is 79.3 Å². The SMILES string of the molecule is COCCOCCn1c([C@@H]2CC(c3nc4ccccc4n3CCOC)C[C@H](c3nc4ccccc4n3CCOCCOC)C2)nc2ccccc21. The van der Waals surface area contributed by atoms with E-state index in [1.54, 1.807) is 21.3 Å². The van der Waals surface area contributed by atoms with Gasteiger partial charge in [0.1, 0.15) is 17.5 Å². The van der Waals surface area contributed by atoms with Crippen molar-refractivity contribution < 1.29 is 23.7 Å². The van der Waals surface area contributed by atoms with Crippen LogP contribution < -0.4 is 0 Å². The quantitative estimate of drug-likeness (QED) is 0.0936. The first kappa shape index (κ1) is 35.3. The fourth-order valence-corrected chi connectivity index (χ4v) is 7.86. The zero-order valence-electron chi connectivity index (χ0n) is 30.1. The summed E-state index contributed by atoms with van der Waals surface area (Å²) in [5, 5.41) is 0. The van der Waals surface area contributed by atoms with Gasteiger partial charge in [-0.1, -0.05) is 36.4 Å². The van der Waals surface area contributed by atoms with Gasteiger partial charge in [-0.2, -0.15) is 0 Å². The van der Waals surface area contributed by atoms with Crippen LogP contribution in [0.5, 0.6) is 0 Å². The molecule has 11 heteroatoms. The summed E-state index contributed by atoms with van der Waals surface area (Å²) in [5.41, 5.74) is 6.45. The van der Waals surface area contributed by atoms with Crippen molar-refractivity contribution in [1.82, 2.24) is 28.7 Å². The van der Waals surface area contributed by atoms with E-state index in [1.165, 1.54) is 0 Å². The molecule has 0 N–H and O–H groups in total. The summed E-state index contributed by atoms with van der Waals surface area (Å²) in [5.74, 6) is 3.83. The Balaban J connectivity index is 1.30. The summed E-state index contributed by atoms with van der Waals surface area (Å²) in [6.07, 6.45) is 2.79. The molecule has 0 saturated heterocycles. The Morgan fingerprint density at radius 2 is 0.784 bits per heavy atom. The molecule has 0 aliphatic heterocycles. The van der Waals surface area contributed by atoms with E-state index in [4.69, 9.17) is 38.6 Å². The van der Waals surface area contributed by atoms with Crippen molar-refractivity contribution in [3.05, 3.63) is 90.3 Å². The summed E-state index contributed by atoms with van der Waals surface area (Å²) < 4.78 is 35.2. The lowest BCUT2D eigenvalue weighted by molar-refractivity contribution is 0.0662. The number of benzene rings is 3. The van der Waals surface area contributed by atoms with Crippen LogP contribution in [-0.4, -0.2) is 96.2 Å². The average molecular weight is 695 g/mol. The Hall–Kier alpha value is -4.13. The first-order chi connectivity index (χ1) is 25.2. The van der Waals surface area contributed by atoms with E-state index >= 15 is 0 Å². The van der Waals surface area contributed by atoms with Gasteiger partial charge < -0.3 is 37.4 Å². The third-order valence-corrected chi connectivity index (χ3v) is 10.2. The molecule has 1 saturated carbocycles. The summed E-state index contributed by atoms with van der Waals surface area (Å²) in [6.45, 7) is 6.24. The first-order valence-electron chi connectivity index (χ1n) is 18.2. The number of ether oxygens (including phenoxy) is 5. The van der Waals surface area contributed by atoms with Gasteiger partial charge in [-0.15, -0.1) is 0 Å². The average Bonchev–Trinajstić information content (AvgIpc) is 3.85. The van der Waals surface area contributed by atoms with Crippen LogP contribution in [0.25, 0.3) is 33.1 Å². The van der Waals surface area contributed by atoms with Crippen molar-refractivity contribution in [2.45, 2.75) is 56.7 Å². The van der Waals surface area contributed by atoms with Gasteiger partial charge in [0.25, 0.3) is 0 Å². The minimum Gasteiger partial charge on any atom is -0.383 e. The lowest BCUT2D eigenvalue weighted by Gasteiger charge is -2.35. The summed E-state index contributed by atoms with van der Waals surface area (Å²) in [7, 11) is 5.17. The molecule has 11 nitrogen and oxygen atoms in total. The zero-order chi connectivity index (χ0) is 35.0. The molecule has 0 bridgehead atoms. The topological polar surface area (TPSA) is 99.6 Å². The number of hydrogen-bond acceptors (Lipinski definition) is 8. The molecular formula is C40H50N6O5. The second-order valence-electron chi connectivity index (χ2n) is 13.3. The molecule has 3 aromatic heterocycles. The van der Waals surface area contributed by atoms with Gasteiger partial charge in [-0.3, -0.25) is 0 Å². The Labute approximate surface area is 299 Å². The van der Waals surface area contributed by atoms with Crippen LogP contribution in [0.1, 0.15) is 54.5 Å². The highest BCUT2D eigenvalue weighted by molar-refractivity contribution is 5.77. The second kappa shape index (κ2) is 16.9. The molecule has 0 spiro atoms. The molecule has 3 atom stereocenters. The minimum absolute atomic E-state index is 0.169. The fourth-order valence-electron chi connectivity index (χ4n) is 7.86. The van der Waals surface area contributed by atoms with Crippen LogP contribution in [0.4, 0.5) is 0 Å². The maximum Gasteiger partial charge on any atom is 0.113 e. The van der Waals surface area contributed by atoms with Gasteiger partial charge in [0.15, 0.2) is 0 Å². The minimum atomic E-state index is 0.169. The van der Waals surface area contributed by atoms with Crippen LogP contribution in [0.3, 0.4) is 0 Å². The molecule has 51 heavy (non-hydrogen) atoms. The first-order valence-corrected chi connectivity index (χ1v) is 18.2. The summed E-state index contributed by atoms with van der Waals surface area (Å²) >= 11 is 0. The molecule has 3 aromatic carbocycles. The lowest BCUT2D eigenvalue weighted by atomic mass is 9.74. The van der Waals surface area contributed by atoms with Crippen LogP contribution in [-0.2, 0) is 43.3 Å². The number of rotatable bonds is 18. The normalized spacial score (nSPS) is 18.1. The number of hydrogen-bond donors (Lipinski definition) is 0. The third-order valence-electron chi connectivity index (χ3n) is 10.2. The Morgan fingerprint density at radius 3 is 1.14 bits per heavy atom. The molecule has 3 heterocycles. The summed E-state index contributed by atoms with van der Waals surface area (Å²) in [4.78, 5) is 16.0. The van der Waals surface area contributed by atoms with Gasteiger partial charge in [0, 0.05) is 58.7 Å². The van der Waals surface area contributed by atoms with Crippen molar-refractivity contribution in [2.75, 3.05) is 67.6 Å². The lowest BCUT2D eigenvalue weighted by Crippen LogP contribution is -2.27. The van der Waals surface area contributed by atoms with Crippen molar-refractivity contribution >= 4 is 33.1 Å². The van der Waals surface area contributed by atoms with Gasteiger partial charge in [0.2, 0.25) is 0 Å². The van der Waals surface area contributed by atoms with Crippen LogP contribution in [0.15, 0.2) is 72.8 Å². The number of para-hydroxylation sites is 6. The largest absolute Gasteiger partial charge is 0.383 e. The summed E-state index contributed by atoms with van der Waals surface area (Å²) in [6, 6.07) is 25.4. The number of fused-ring (bicyclic) bond motifs is 3. The van der Waals surface area contributed by atoms with Gasteiger partial charge >= 0.3 is 0 Å². The Kier molecular flexibility index (Phi) is 11.7. The molecule has 0 amide bonds. The van der Waals surface area contributed by atoms with E-state index in [9.17, 15) is 0 Å². The number of aromatic nitrogens is 6. The molecule has 270 valence electrons. The number of imidazole rings is 3. The predicted molar refractivity (Wildman–Crippen MR) is 199 cm³/mol. The van der Waals surface area contributed by atoms with Crippen LogP contribution >= 0.6 is 0 Å². The standard InChI is InChI=1S/C40H50N6O5/c1-47-19-16-44-35-13-7-4-10-32(35)41-38(44)29-26-30(39-42-33-11-5-8-14-36(33)45(39)17-20-50-24-22-48-2)28-31(27-29)40-43-34-12-6-9-15-37(34)46(40)18-21-51-25-23-49-3/h4-15,29-31H,16-28H2,1-3H3/t29?,30-,31+. The van der Waals surface area contributed by atoms with Crippen molar-refractivity contribution in [1.29, 1.82) is 0 Å². The predicted octanol–water partition coefficient (Wildman–Crippen LogP) is 6.54. The van der Waals surface area contributed by atoms with E-state index in [0.29, 0.717) is 46.2 Å². The molecule has 7 rings (SSSR count). The maximum atomic E-state index is 5.99. The Bertz CT molecular complexity index is 1920. The van der Waals surface area contributed by atoms with Gasteiger partial charge in [-0.05, 0) is 55.7 Å². The maximum absolute atomic E-state index is 5.99. The molecular weight excluding hydrogens is 644 g/mol. The molecule has 0 radical (unpaired) electrons. The van der Waals surface area contributed by atoms with Crippen LogP contribution in [0.2, 0.25) is 0 Å². The van der Waals surface area contributed by atoms with E-state index in [-0.39, 0.29) is 17.8 Å². The molecule has 1 unspecified atom stereocenters. The second-order valence-corrected chi connectivity index (χ2v) is 13.3. The monoisotopic (exact) mass is 694 g/mol. The molecule has 1 aliphatic carbocycles. The smallest absolute Gasteiger partial charge is 0.113 e. The van der Waals surface area contributed by atoms with Crippen molar-refractivity contribution in [2.24, 2.45) is 0 Å². The number of nitrogens with zero attached hydrogens (tertiary/aromatic N) is 6. The highest BCUT2D eigenvalue weighted by Crippen LogP contribution is 2.48. The van der Waals surface area contributed by atoms with E-state index in [2.05, 4.69) is 86.5 Å². The van der Waals surface area contributed by atoms with Crippen molar-refractivity contribution in [3.8, 4) is 0 Å². The molecule has 6 aromatic rings. The number of methoxy groups -OCH3 is 3. The molecule has 1 fully saturated rings. The van der Waals surface area contributed by atoms with Crippen molar-refractivity contribution in [3.63, 3.8) is 0 Å². The van der Waals surface area contributed by atoms with Crippen LogP contribution in [0, 0.1) is 0 Å². The zero-order valence-corrected chi connectivity index (χ0v) is 30.1. The van der Waals surface area contributed by atoms with E-state index in [0.717, 1.165) is 89.5 Å². The van der Waals surface area contributed by atoms with E-state index in [1.807, 2.05) is 0 Å². The highest BCUT2D eigenvalue weighted by Gasteiger charge is 2.38. The fraction of sp³-hybridized carbons (Fsp3) is 0.475. The highest BCUT2D eigenvalue weighted by atomic mass is 16.5.